The molecule has 1 heterocycles. The molecule has 0 saturated heterocycles. The molecule has 5 heteroatoms. The van der Waals surface area contributed by atoms with Crippen LogP contribution < -0.4 is 0 Å². The summed E-state index contributed by atoms with van der Waals surface area (Å²) >= 11 is 6.31. The molecular weight excluding hydrogens is 410 g/mol. The molecule has 0 spiro atoms. The number of pyridine rings is 1. The molecule has 4 aromatic rings. The summed E-state index contributed by atoms with van der Waals surface area (Å²) in [6.07, 6.45) is 0. The number of aromatic nitrogens is 1. The summed E-state index contributed by atoms with van der Waals surface area (Å²) < 4.78 is 5.38. The number of benzene rings is 3. The van der Waals surface area contributed by atoms with Gasteiger partial charge in [0, 0.05) is 21.5 Å². The monoisotopic (exact) mass is 429 g/mol. The van der Waals surface area contributed by atoms with E-state index in [1.807, 2.05) is 44.2 Å². The van der Waals surface area contributed by atoms with E-state index >= 15 is 0 Å². The number of esters is 1. The van der Waals surface area contributed by atoms with Crippen LogP contribution in [0.1, 0.15) is 31.8 Å². The van der Waals surface area contributed by atoms with Gasteiger partial charge in [0.25, 0.3) is 0 Å². The first-order valence-electron chi connectivity index (χ1n) is 9.86. The van der Waals surface area contributed by atoms with Gasteiger partial charge in [0.15, 0.2) is 12.4 Å². The Morgan fingerprint density at radius 1 is 0.935 bits per heavy atom. The Morgan fingerprint density at radius 2 is 1.65 bits per heavy atom. The second-order valence-corrected chi connectivity index (χ2v) is 7.76. The SMILES string of the molecule is Cc1ccc(-c2cc(C(=O)OCC(=O)c3ccccc3)c3ccc(Cl)c(C)c3n2)cc1. The van der Waals surface area contributed by atoms with Gasteiger partial charge in [-0.1, -0.05) is 77.8 Å². The van der Waals surface area contributed by atoms with Crippen molar-refractivity contribution in [2.24, 2.45) is 0 Å². The zero-order valence-corrected chi connectivity index (χ0v) is 17.9. The number of ether oxygens (including phenoxy) is 1. The van der Waals surface area contributed by atoms with Crippen molar-refractivity contribution < 1.29 is 14.3 Å². The smallest absolute Gasteiger partial charge is 0.339 e. The third-order valence-electron chi connectivity index (χ3n) is 5.17. The quantitative estimate of drug-likeness (QED) is 0.279. The Balaban J connectivity index is 1.73. The van der Waals surface area contributed by atoms with E-state index in [1.54, 1.807) is 42.5 Å². The molecular formula is C26H20ClNO3. The van der Waals surface area contributed by atoms with Crippen molar-refractivity contribution in [3.8, 4) is 11.3 Å². The van der Waals surface area contributed by atoms with Crippen LogP contribution in [0.3, 0.4) is 0 Å². The zero-order chi connectivity index (χ0) is 22.0. The van der Waals surface area contributed by atoms with Gasteiger partial charge >= 0.3 is 5.97 Å². The Hall–Kier alpha value is -3.50. The van der Waals surface area contributed by atoms with Gasteiger partial charge < -0.3 is 4.74 Å². The van der Waals surface area contributed by atoms with Gasteiger partial charge in [0.05, 0.1) is 16.8 Å². The van der Waals surface area contributed by atoms with E-state index in [-0.39, 0.29) is 12.4 Å². The molecule has 4 rings (SSSR count). The molecule has 0 saturated carbocycles. The van der Waals surface area contributed by atoms with Crippen LogP contribution in [-0.4, -0.2) is 23.3 Å². The first-order chi connectivity index (χ1) is 14.9. The Labute approximate surface area is 185 Å². The van der Waals surface area contributed by atoms with Crippen LogP contribution in [0, 0.1) is 13.8 Å². The standard InChI is InChI=1S/C26H20ClNO3/c1-16-8-10-18(11-9-16)23-14-21(20-12-13-22(27)17(2)25(20)28-23)26(30)31-15-24(29)19-6-4-3-5-7-19/h3-14H,15H2,1-2H3. The Morgan fingerprint density at radius 3 is 2.35 bits per heavy atom. The fraction of sp³-hybridized carbons (Fsp3) is 0.115. The fourth-order valence-corrected chi connectivity index (χ4v) is 3.51. The Bertz CT molecular complexity index is 1280. The van der Waals surface area contributed by atoms with Crippen molar-refractivity contribution in [1.29, 1.82) is 0 Å². The number of hydrogen-bond acceptors (Lipinski definition) is 4. The largest absolute Gasteiger partial charge is 0.454 e. The molecule has 0 fully saturated rings. The maximum absolute atomic E-state index is 13.0. The van der Waals surface area contributed by atoms with E-state index in [0.717, 1.165) is 16.7 Å². The molecule has 0 aliphatic rings. The summed E-state index contributed by atoms with van der Waals surface area (Å²) in [6, 6.07) is 21.8. The molecule has 0 amide bonds. The molecule has 1 aromatic heterocycles. The topological polar surface area (TPSA) is 56.3 Å². The van der Waals surface area contributed by atoms with Gasteiger partial charge in [-0.25, -0.2) is 9.78 Å². The molecule has 0 aliphatic heterocycles. The lowest BCUT2D eigenvalue weighted by molar-refractivity contribution is 0.0476. The van der Waals surface area contributed by atoms with Gasteiger partial charge in [-0.2, -0.15) is 0 Å². The van der Waals surface area contributed by atoms with Crippen molar-refractivity contribution in [2.45, 2.75) is 13.8 Å². The number of ketones is 1. The minimum atomic E-state index is -0.577. The van der Waals surface area contributed by atoms with Gasteiger partial charge in [-0.05, 0) is 31.5 Å². The van der Waals surface area contributed by atoms with Crippen LogP contribution >= 0.6 is 11.6 Å². The van der Waals surface area contributed by atoms with Crippen LogP contribution in [0.5, 0.6) is 0 Å². The minimum Gasteiger partial charge on any atom is -0.454 e. The number of halogens is 1. The van der Waals surface area contributed by atoms with E-state index in [0.29, 0.717) is 32.7 Å². The van der Waals surface area contributed by atoms with Crippen molar-refractivity contribution in [1.82, 2.24) is 4.98 Å². The molecule has 0 radical (unpaired) electrons. The molecule has 3 aromatic carbocycles. The number of fused-ring (bicyclic) bond motifs is 1. The summed E-state index contributed by atoms with van der Waals surface area (Å²) in [5.74, 6) is -0.836. The summed E-state index contributed by atoms with van der Waals surface area (Å²) in [6.45, 7) is 3.54. The second kappa shape index (κ2) is 8.70. The summed E-state index contributed by atoms with van der Waals surface area (Å²) in [5.41, 5.74) is 4.90. The number of carbonyl (C=O) groups excluding carboxylic acids is 2. The lowest BCUT2D eigenvalue weighted by Gasteiger charge is -2.12. The van der Waals surface area contributed by atoms with Gasteiger partial charge in [0.2, 0.25) is 0 Å². The van der Waals surface area contributed by atoms with Crippen molar-refractivity contribution in [3.05, 3.63) is 100 Å². The highest BCUT2D eigenvalue weighted by Gasteiger charge is 2.19. The maximum Gasteiger partial charge on any atom is 0.339 e. The summed E-state index contributed by atoms with van der Waals surface area (Å²) in [4.78, 5) is 30.1. The van der Waals surface area contributed by atoms with Crippen LogP contribution in [0.25, 0.3) is 22.2 Å². The third-order valence-corrected chi connectivity index (χ3v) is 5.58. The average molecular weight is 430 g/mol. The normalized spacial score (nSPS) is 10.8. The first-order valence-corrected chi connectivity index (χ1v) is 10.2. The van der Waals surface area contributed by atoms with Crippen molar-refractivity contribution in [3.63, 3.8) is 0 Å². The van der Waals surface area contributed by atoms with E-state index in [2.05, 4.69) is 0 Å². The maximum atomic E-state index is 13.0. The van der Waals surface area contributed by atoms with E-state index in [9.17, 15) is 9.59 Å². The van der Waals surface area contributed by atoms with Crippen molar-refractivity contribution in [2.75, 3.05) is 6.61 Å². The lowest BCUT2D eigenvalue weighted by atomic mass is 10.0. The molecule has 0 atom stereocenters. The number of Topliss-reactive ketones (excluding diaryl/α,β-unsaturated/α-hetero) is 1. The van der Waals surface area contributed by atoms with Crippen LogP contribution in [-0.2, 0) is 4.74 Å². The number of hydrogen-bond donors (Lipinski definition) is 0. The average Bonchev–Trinajstić information content (AvgIpc) is 2.80. The fourth-order valence-electron chi connectivity index (χ4n) is 3.36. The van der Waals surface area contributed by atoms with Gasteiger partial charge in [-0.3, -0.25) is 4.79 Å². The molecule has 4 nitrogen and oxygen atoms in total. The predicted octanol–water partition coefficient (Wildman–Crippen LogP) is 6.21. The van der Waals surface area contributed by atoms with Crippen LogP contribution in [0.15, 0.2) is 72.8 Å². The molecule has 0 N–H and O–H groups in total. The number of carbonyl (C=O) groups is 2. The van der Waals surface area contributed by atoms with E-state index in [4.69, 9.17) is 21.3 Å². The second-order valence-electron chi connectivity index (χ2n) is 7.35. The predicted molar refractivity (Wildman–Crippen MR) is 123 cm³/mol. The molecule has 31 heavy (non-hydrogen) atoms. The van der Waals surface area contributed by atoms with Gasteiger partial charge in [0.1, 0.15) is 0 Å². The molecule has 0 unspecified atom stereocenters. The zero-order valence-electron chi connectivity index (χ0n) is 17.2. The van der Waals surface area contributed by atoms with Gasteiger partial charge in [-0.15, -0.1) is 0 Å². The Kier molecular flexibility index (Phi) is 5.83. The minimum absolute atomic E-state index is 0.259. The summed E-state index contributed by atoms with van der Waals surface area (Å²) in [7, 11) is 0. The lowest BCUT2D eigenvalue weighted by Crippen LogP contribution is -2.15. The number of rotatable bonds is 5. The van der Waals surface area contributed by atoms with Crippen LogP contribution in [0.2, 0.25) is 5.02 Å². The third kappa shape index (κ3) is 4.35. The molecule has 0 bridgehead atoms. The van der Waals surface area contributed by atoms with E-state index < -0.39 is 5.97 Å². The summed E-state index contributed by atoms with van der Waals surface area (Å²) in [5, 5.41) is 1.20. The first kappa shape index (κ1) is 20.8. The van der Waals surface area contributed by atoms with Crippen LogP contribution in [0.4, 0.5) is 0 Å². The molecule has 0 aliphatic carbocycles. The highest BCUT2D eigenvalue weighted by molar-refractivity contribution is 6.32. The highest BCUT2D eigenvalue weighted by atomic mass is 35.5. The number of nitrogens with zero attached hydrogens (tertiary/aromatic N) is 1. The van der Waals surface area contributed by atoms with E-state index in [1.165, 1.54) is 0 Å². The highest BCUT2D eigenvalue weighted by Crippen LogP contribution is 2.30. The molecule has 154 valence electrons. The van der Waals surface area contributed by atoms with Crippen molar-refractivity contribution >= 4 is 34.3 Å². The number of aryl methyl sites for hydroxylation is 2.